The molecule has 212 valence electrons. The van der Waals surface area contributed by atoms with Gasteiger partial charge in [-0.3, -0.25) is 9.48 Å². The molecule has 0 spiro atoms. The zero-order chi connectivity index (χ0) is 27.9. The molecule has 0 bridgehead atoms. The molecule has 1 N–H and O–H groups in total. The molecule has 0 atom stereocenters. The lowest BCUT2D eigenvalue weighted by Crippen LogP contribution is -2.51. The van der Waals surface area contributed by atoms with Gasteiger partial charge in [0.15, 0.2) is 6.61 Å². The first-order valence-corrected chi connectivity index (χ1v) is 14.0. The fourth-order valence-electron chi connectivity index (χ4n) is 6.28. The molecule has 0 radical (unpaired) electrons. The van der Waals surface area contributed by atoms with Crippen LogP contribution in [0.5, 0.6) is 5.75 Å². The van der Waals surface area contributed by atoms with Crippen molar-refractivity contribution < 1.29 is 22.7 Å². The summed E-state index contributed by atoms with van der Waals surface area (Å²) in [5, 5.41) is 8.24. The number of hydrogen-bond donors (Lipinski definition) is 1. The van der Waals surface area contributed by atoms with Crippen LogP contribution in [-0.2, 0) is 30.5 Å². The van der Waals surface area contributed by atoms with Crippen molar-refractivity contribution in [3.63, 3.8) is 0 Å². The van der Waals surface area contributed by atoms with Gasteiger partial charge in [-0.1, -0.05) is 24.3 Å². The molecule has 1 saturated heterocycles. The standard InChI is InChI=1S/C30H34F3N5O2/c1-20-4-2-5-26-29(20)38(27(39)19-40-26)23-11-16-36(17-12-23)14-3-15-37-25-10-13-34-18-24(25)28(35-37)21-6-8-22(9-7-21)30(31,32)33/h2,4-9,23,34H,3,10-19H2,1H3. The predicted octanol–water partition coefficient (Wildman–Crippen LogP) is 4.80. The first-order chi connectivity index (χ1) is 19.3. The largest absolute Gasteiger partial charge is 0.482 e. The Balaban J connectivity index is 1.08. The SMILES string of the molecule is Cc1cccc2c1N(C1CCN(CCCn3nc(-c4ccc(C(F)(F)F)cc4)c4c3CCNC4)CC1)C(=O)CO2. The van der Waals surface area contributed by atoms with E-state index in [-0.39, 0.29) is 18.6 Å². The highest BCUT2D eigenvalue weighted by Gasteiger charge is 2.35. The van der Waals surface area contributed by atoms with Crippen molar-refractivity contribution in [3.05, 3.63) is 64.8 Å². The van der Waals surface area contributed by atoms with Gasteiger partial charge in [0.05, 0.1) is 16.9 Å². The predicted molar refractivity (Wildman–Crippen MR) is 146 cm³/mol. The van der Waals surface area contributed by atoms with Crippen LogP contribution in [0, 0.1) is 6.92 Å². The number of halogens is 3. The van der Waals surface area contributed by atoms with Gasteiger partial charge in [0.2, 0.25) is 0 Å². The van der Waals surface area contributed by atoms with Crippen molar-refractivity contribution in [1.29, 1.82) is 0 Å². The lowest BCUT2D eigenvalue weighted by atomic mass is 9.99. The van der Waals surface area contributed by atoms with Gasteiger partial charge in [0, 0.05) is 62.0 Å². The Morgan fingerprint density at radius 1 is 1.07 bits per heavy atom. The van der Waals surface area contributed by atoms with Crippen molar-refractivity contribution >= 4 is 11.6 Å². The third kappa shape index (κ3) is 5.22. The van der Waals surface area contributed by atoms with Crippen LogP contribution in [0.3, 0.4) is 0 Å². The maximum atomic E-state index is 13.0. The summed E-state index contributed by atoms with van der Waals surface area (Å²) in [6.45, 7) is 7.19. The minimum Gasteiger partial charge on any atom is -0.482 e. The van der Waals surface area contributed by atoms with E-state index in [4.69, 9.17) is 9.84 Å². The molecule has 4 heterocycles. The highest BCUT2D eigenvalue weighted by molar-refractivity contribution is 5.99. The van der Waals surface area contributed by atoms with Crippen molar-refractivity contribution in [2.45, 2.75) is 57.9 Å². The number of fused-ring (bicyclic) bond motifs is 2. The Morgan fingerprint density at radius 3 is 2.60 bits per heavy atom. The molecule has 7 nitrogen and oxygen atoms in total. The van der Waals surface area contributed by atoms with Crippen molar-refractivity contribution in [2.24, 2.45) is 0 Å². The molecule has 0 unspecified atom stereocenters. The van der Waals surface area contributed by atoms with E-state index in [1.807, 2.05) is 30.0 Å². The lowest BCUT2D eigenvalue weighted by molar-refractivity contribution is -0.137. The zero-order valence-corrected chi connectivity index (χ0v) is 22.6. The molecular weight excluding hydrogens is 519 g/mol. The van der Waals surface area contributed by atoms with E-state index in [1.54, 1.807) is 0 Å². The van der Waals surface area contributed by atoms with Gasteiger partial charge in [0.25, 0.3) is 5.91 Å². The number of aryl methyl sites for hydroxylation is 2. The van der Waals surface area contributed by atoms with Crippen LogP contribution in [0.2, 0.25) is 0 Å². The van der Waals surface area contributed by atoms with Crippen LogP contribution < -0.4 is 15.0 Å². The van der Waals surface area contributed by atoms with Crippen LogP contribution in [0.15, 0.2) is 42.5 Å². The van der Waals surface area contributed by atoms with Gasteiger partial charge in [0.1, 0.15) is 5.75 Å². The summed E-state index contributed by atoms with van der Waals surface area (Å²) in [5.41, 5.74) is 5.06. The molecule has 1 aromatic heterocycles. The second-order valence-corrected chi connectivity index (χ2v) is 10.9. The summed E-state index contributed by atoms with van der Waals surface area (Å²) >= 11 is 0. The molecule has 0 saturated carbocycles. The minimum atomic E-state index is -4.35. The molecular formula is C30H34F3N5O2. The van der Waals surface area contributed by atoms with E-state index in [0.717, 1.165) is 98.8 Å². The number of rotatable bonds is 6. The van der Waals surface area contributed by atoms with Crippen LogP contribution in [-0.4, -0.2) is 59.4 Å². The quantitative estimate of drug-likeness (QED) is 0.475. The number of piperidine rings is 1. The first-order valence-electron chi connectivity index (χ1n) is 14.0. The number of carbonyl (C=O) groups excluding carboxylic acids is 1. The minimum absolute atomic E-state index is 0.0297. The first kappa shape index (κ1) is 26.8. The number of anilines is 1. The molecule has 0 aliphatic carbocycles. The number of para-hydroxylation sites is 1. The van der Waals surface area contributed by atoms with E-state index in [0.29, 0.717) is 12.1 Å². The number of hydrogen-bond acceptors (Lipinski definition) is 5. The molecule has 2 aromatic carbocycles. The Hall–Kier alpha value is -3.37. The Bertz CT molecular complexity index is 1380. The van der Waals surface area contributed by atoms with Crippen LogP contribution in [0.1, 0.15) is 41.6 Å². The number of amides is 1. The van der Waals surface area contributed by atoms with E-state index in [1.165, 1.54) is 17.8 Å². The van der Waals surface area contributed by atoms with Gasteiger partial charge in [-0.2, -0.15) is 18.3 Å². The highest BCUT2D eigenvalue weighted by atomic mass is 19.4. The number of benzene rings is 2. The van der Waals surface area contributed by atoms with Crippen molar-refractivity contribution in [3.8, 4) is 17.0 Å². The fourth-order valence-corrected chi connectivity index (χ4v) is 6.28. The third-order valence-electron chi connectivity index (χ3n) is 8.32. The number of ether oxygens (including phenoxy) is 1. The number of carbonyl (C=O) groups is 1. The average molecular weight is 554 g/mol. The zero-order valence-electron chi connectivity index (χ0n) is 22.6. The van der Waals surface area contributed by atoms with Crippen molar-refractivity contribution in [2.75, 3.05) is 37.7 Å². The summed E-state index contributed by atoms with van der Waals surface area (Å²) in [4.78, 5) is 17.2. The maximum Gasteiger partial charge on any atom is 0.416 e. The summed E-state index contributed by atoms with van der Waals surface area (Å²) in [6, 6.07) is 11.4. The monoisotopic (exact) mass is 553 g/mol. The molecule has 1 fully saturated rings. The molecule has 3 aliphatic rings. The summed E-state index contributed by atoms with van der Waals surface area (Å²) < 4.78 is 46.9. The number of likely N-dealkylation sites (tertiary alicyclic amines) is 1. The fraction of sp³-hybridized carbons (Fsp3) is 0.467. The molecule has 3 aliphatic heterocycles. The molecule has 6 rings (SSSR count). The van der Waals surface area contributed by atoms with Crippen LogP contribution in [0.25, 0.3) is 11.3 Å². The summed E-state index contributed by atoms with van der Waals surface area (Å²) in [6.07, 6.45) is -0.741. The number of aromatic nitrogens is 2. The number of alkyl halides is 3. The summed E-state index contributed by atoms with van der Waals surface area (Å²) in [5.74, 6) is 0.817. The smallest absolute Gasteiger partial charge is 0.416 e. The van der Waals surface area contributed by atoms with E-state index in [9.17, 15) is 18.0 Å². The molecule has 3 aromatic rings. The van der Waals surface area contributed by atoms with Crippen LogP contribution in [0.4, 0.5) is 18.9 Å². The second kappa shape index (κ2) is 10.9. The van der Waals surface area contributed by atoms with Gasteiger partial charge < -0.3 is 19.9 Å². The highest BCUT2D eigenvalue weighted by Crippen LogP contribution is 2.38. The van der Waals surface area contributed by atoms with E-state index in [2.05, 4.69) is 14.9 Å². The number of nitrogens with one attached hydrogen (secondary N) is 1. The Morgan fingerprint density at radius 2 is 1.85 bits per heavy atom. The van der Waals surface area contributed by atoms with E-state index >= 15 is 0 Å². The van der Waals surface area contributed by atoms with Gasteiger partial charge in [-0.25, -0.2) is 0 Å². The van der Waals surface area contributed by atoms with Crippen molar-refractivity contribution in [1.82, 2.24) is 20.0 Å². The summed E-state index contributed by atoms with van der Waals surface area (Å²) in [7, 11) is 0. The normalized spacial score (nSPS) is 18.4. The maximum absolute atomic E-state index is 13.0. The topological polar surface area (TPSA) is 62.6 Å². The molecule has 40 heavy (non-hydrogen) atoms. The Kier molecular flexibility index (Phi) is 7.31. The van der Waals surface area contributed by atoms with Gasteiger partial charge in [-0.15, -0.1) is 0 Å². The van der Waals surface area contributed by atoms with Gasteiger partial charge >= 0.3 is 6.18 Å². The molecule has 1 amide bonds. The average Bonchev–Trinajstić information content (AvgIpc) is 3.32. The van der Waals surface area contributed by atoms with E-state index < -0.39 is 11.7 Å². The molecule has 10 heteroatoms. The second-order valence-electron chi connectivity index (χ2n) is 10.9. The van der Waals surface area contributed by atoms with Gasteiger partial charge in [-0.05, 0) is 56.5 Å². The number of nitrogens with zero attached hydrogens (tertiary/aromatic N) is 4. The Labute approximate surface area is 231 Å². The lowest BCUT2D eigenvalue weighted by Gasteiger charge is -2.41. The van der Waals surface area contributed by atoms with Crippen LogP contribution >= 0.6 is 0 Å². The third-order valence-corrected chi connectivity index (χ3v) is 8.32.